The second-order valence-electron chi connectivity index (χ2n) is 3.41. The van der Waals surface area contributed by atoms with Crippen molar-refractivity contribution >= 4 is 32.6 Å². The summed E-state index contributed by atoms with van der Waals surface area (Å²) in [6.07, 6.45) is 0. The van der Waals surface area contributed by atoms with E-state index in [2.05, 4.69) is 4.98 Å². The van der Waals surface area contributed by atoms with E-state index in [0.29, 0.717) is 11.1 Å². The van der Waals surface area contributed by atoms with Crippen molar-refractivity contribution in [2.45, 2.75) is 0 Å². The van der Waals surface area contributed by atoms with Crippen molar-refractivity contribution in [3.63, 3.8) is 0 Å². The summed E-state index contributed by atoms with van der Waals surface area (Å²) >= 11 is 1.54. The fourth-order valence-corrected chi connectivity index (χ4v) is 2.24. The lowest BCUT2D eigenvalue weighted by Crippen LogP contribution is -2.11. The van der Waals surface area contributed by atoms with Crippen LogP contribution in [0.3, 0.4) is 0 Å². The Morgan fingerprint density at radius 2 is 2.20 bits per heavy atom. The molecule has 1 heterocycles. The molecule has 78 valence electrons. The molecule has 15 heavy (non-hydrogen) atoms. The fraction of sp³-hybridized carbons (Fsp3) is 0.200. The molecule has 0 bridgehead atoms. The maximum absolute atomic E-state index is 11.2. The van der Waals surface area contributed by atoms with Crippen molar-refractivity contribution in [2.24, 2.45) is 5.73 Å². The number of hydrogen-bond donors (Lipinski definition) is 1. The van der Waals surface area contributed by atoms with Crippen molar-refractivity contribution in [3.8, 4) is 0 Å². The molecule has 2 N–H and O–H groups in total. The van der Waals surface area contributed by atoms with Crippen molar-refractivity contribution in [3.05, 3.63) is 23.8 Å². The average molecular weight is 221 g/mol. The number of anilines is 1. The molecule has 1 amide bonds. The first-order valence-corrected chi connectivity index (χ1v) is 5.28. The number of primary amides is 1. The molecule has 0 aliphatic carbocycles. The number of nitrogens with zero attached hydrogens (tertiary/aromatic N) is 2. The molecule has 0 saturated carbocycles. The predicted octanol–water partition coefficient (Wildman–Crippen LogP) is 1.46. The van der Waals surface area contributed by atoms with E-state index in [9.17, 15) is 4.79 Å². The Bertz CT molecular complexity index is 518. The molecule has 2 rings (SSSR count). The molecule has 0 spiro atoms. The second-order valence-corrected chi connectivity index (χ2v) is 4.42. The number of fused-ring (bicyclic) bond motifs is 1. The lowest BCUT2D eigenvalue weighted by Gasteiger charge is -2.04. The van der Waals surface area contributed by atoms with Crippen LogP contribution in [0, 0.1) is 0 Å². The van der Waals surface area contributed by atoms with Crippen LogP contribution in [0.4, 0.5) is 5.13 Å². The summed E-state index contributed by atoms with van der Waals surface area (Å²) in [5.74, 6) is -0.434. The maximum Gasteiger partial charge on any atom is 0.250 e. The van der Waals surface area contributed by atoms with E-state index >= 15 is 0 Å². The number of aromatic nitrogens is 1. The van der Waals surface area contributed by atoms with Gasteiger partial charge in [0.25, 0.3) is 5.91 Å². The Morgan fingerprint density at radius 1 is 1.47 bits per heavy atom. The van der Waals surface area contributed by atoms with Crippen LogP contribution in [0.15, 0.2) is 18.2 Å². The van der Waals surface area contributed by atoms with E-state index in [4.69, 9.17) is 5.73 Å². The van der Waals surface area contributed by atoms with E-state index in [1.807, 2.05) is 31.1 Å². The monoisotopic (exact) mass is 221 g/mol. The molecule has 0 aliphatic heterocycles. The average Bonchev–Trinajstić information content (AvgIpc) is 2.60. The first-order chi connectivity index (χ1) is 7.09. The molecular formula is C10H11N3OS. The zero-order chi connectivity index (χ0) is 11.0. The van der Waals surface area contributed by atoms with Crippen molar-refractivity contribution in [2.75, 3.05) is 19.0 Å². The number of benzene rings is 1. The highest BCUT2D eigenvalue weighted by Crippen LogP contribution is 2.29. The molecule has 0 atom stereocenters. The van der Waals surface area contributed by atoms with Crippen LogP contribution in [0.1, 0.15) is 10.4 Å². The highest BCUT2D eigenvalue weighted by atomic mass is 32.1. The van der Waals surface area contributed by atoms with E-state index in [-0.39, 0.29) is 0 Å². The predicted molar refractivity (Wildman–Crippen MR) is 62.5 cm³/mol. The zero-order valence-corrected chi connectivity index (χ0v) is 9.34. The number of carbonyl (C=O) groups excluding carboxylic acids is 1. The van der Waals surface area contributed by atoms with Gasteiger partial charge in [-0.3, -0.25) is 4.79 Å². The molecule has 0 radical (unpaired) electrons. The molecule has 2 aromatic rings. The normalized spacial score (nSPS) is 10.5. The van der Waals surface area contributed by atoms with E-state index in [1.54, 1.807) is 17.4 Å². The van der Waals surface area contributed by atoms with Gasteiger partial charge in [0.2, 0.25) is 0 Å². The van der Waals surface area contributed by atoms with Crippen molar-refractivity contribution in [1.29, 1.82) is 0 Å². The standard InChI is InChI=1S/C10H11N3OS/c1-13(2)10-12-8-6(9(11)14)4-3-5-7(8)15-10/h3-5H,1-2H3,(H2,11,14). The molecule has 0 aliphatic rings. The van der Waals surface area contributed by atoms with Crippen LogP contribution in [0.25, 0.3) is 10.2 Å². The molecule has 1 aromatic carbocycles. The lowest BCUT2D eigenvalue weighted by molar-refractivity contribution is 0.100. The van der Waals surface area contributed by atoms with Crippen LogP contribution >= 0.6 is 11.3 Å². The molecule has 5 heteroatoms. The summed E-state index contributed by atoms with van der Waals surface area (Å²) in [5.41, 5.74) is 6.45. The summed E-state index contributed by atoms with van der Waals surface area (Å²) in [4.78, 5) is 17.5. The Kier molecular flexibility index (Phi) is 2.32. The van der Waals surface area contributed by atoms with Crippen LogP contribution in [-0.4, -0.2) is 25.0 Å². The van der Waals surface area contributed by atoms with Gasteiger partial charge in [0, 0.05) is 14.1 Å². The van der Waals surface area contributed by atoms with Crippen LogP contribution in [0.5, 0.6) is 0 Å². The van der Waals surface area contributed by atoms with Crippen LogP contribution < -0.4 is 10.6 Å². The number of carbonyl (C=O) groups is 1. The Morgan fingerprint density at radius 3 is 2.80 bits per heavy atom. The third kappa shape index (κ3) is 1.66. The van der Waals surface area contributed by atoms with Gasteiger partial charge < -0.3 is 10.6 Å². The third-order valence-electron chi connectivity index (χ3n) is 2.06. The number of thiazole rings is 1. The first-order valence-electron chi connectivity index (χ1n) is 4.46. The summed E-state index contributed by atoms with van der Waals surface area (Å²) in [6.45, 7) is 0. The van der Waals surface area contributed by atoms with Crippen LogP contribution in [0.2, 0.25) is 0 Å². The number of rotatable bonds is 2. The van der Waals surface area contributed by atoms with Gasteiger partial charge >= 0.3 is 0 Å². The van der Waals surface area contributed by atoms with Gasteiger partial charge in [0.1, 0.15) is 0 Å². The topological polar surface area (TPSA) is 59.2 Å². The number of para-hydroxylation sites is 1. The van der Waals surface area contributed by atoms with Gasteiger partial charge in [-0.25, -0.2) is 4.98 Å². The minimum absolute atomic E-state index is 0.434. The van der Waals surface area contributed by atoms with Gasteiger partial charge in [-0.2, -0.15) is 0 Å². The largest absolute Gasteiger partial charge is 0.366 e. The second kappa shape index (κ2) is 3.51. The third-order valence-corrected chi connectivity index (χ3v) is 3.24. The number of hydrogen-bond acceptors (Lipinski definition) is 4. The molecule has 0 saturated heterocycles. The summed E-state index contributed by atoms with van der Waals surface area (Å²) in [6, 6.07) is 5.45. The number of nitrogens with two attached hydrogens (primary N) is 1. The van der Waals surface area contributed by atoms with Crippen molar-refractivity contribution < 1.29 is 4.79 Å². The highest BCUT2D eigenvalue weighted by molar-refractivity contribution is 7.22. The van der Waals surface area contributed by atoms with E-state index in [0.717, 1.165) is 9.83 Å². The summed E-state index contributed by atoms with van der Waals surface area (Å²) in [5, 5.41) is 0.874. The highest BCUT2D eigenvalue weighted by Gasteiger charge is 2.11. The Labute approximate surface area is 91.3 Å². The van der Waals surface area contributed by atoms with E-state index in [1.165, 1.54) is 0 Å². The lowest BCUT2D eigenvalue weighted by atomic mass is 10.2. The molecule has 0 fully saturated rings. The van der Waals surface area contributed by atoms with Gasteiger partial charge in [-0.15, -0.1) is 0 Å². The Balaban J connectivity index is 2.70. The zero-order valence-electron chi connectivity index (χ0n) is 8.52. The number of amides is 1. The quantitative estimate of drug-likeness (QED) is 0.835. The fourth-order valence-electron chi connectivity index (χ4n) is 1.33. The van der Waals surface area contributed by atoms with Gasteiger partial charge in [0.15, 0.2) is 5.13 Å². The Hall–Kier alpha value is -1.62. The van der Waals surface area contributed by atoms with Gasteiger partial charge in [-0.1, -0.05) is 17.4 Å². The molecular weight excluding hydrogens is 210 g/mol. The minimum atomic E-state index is -0.434. The SMILES string of the molecule is CN(C)c1nc2c(C(N)=O)cccc2s1. The van der Waals surface area contributed by atoms with Crippen molar-refractivity contribution in [1.82, 2.24) is 4.98 Å². The molecule has 1 aromatic heterocycles. The van der Waals surface area contributed by atoms with E-state index < -0.39 is 5.91 Å². The molecule has 4 nitrogen and oxygen atoms in total. The summed E-state index contributed by atoms with van der Waals surface area (Å²) in [7, 11) is 3.84. The van der Waals surface area contributed by atoms with Gasteiger partial charge in [-0.05, 0) is 12.1 Å². The smallest absolute Gasteiger partial charge is 0.250 e. The molecule has 0 unspecified atom stereocenters. The first kappa shape index (κ1) is 9.92. The van der Waals surface area contributed by atoms with Crippen LogP contribution in [-0.2, 0) is 0 Å². The maximum atomic E-state index is 11.2. The minimum Gasteiger partial charge on any atom is -0.366 e. The summed E-state index contributed by atoms with van der Waals surface area (Å²) < 4.78 is 0.981. The van der Waals surface area contributed by atoms with Gasteiger partial charge in [0.05, 0.1) is 15.8 Å².